The fourth-order valence-corrected chi connectivity index (χ4v) is 3.36. The van der Waals surface area contributed by atoms with E-state index < -0.39 is 12.0 Å². The van der Waals surface area contributed by atoms with Crippen LogP contribution in [0.15, 0.2) is 24.3 Å². The lowest BCUT2D eigenvalue weighted by Gasteiger charge is -2.28. The zero-order valence-corrected chi connectivity index (χ0v) is 18.2. The number of nitrogens with zero attached hydrogens (tertiary/aromatic N) is 1. The maximum absolute atomic E-state index is 13.3. The Morgan fingerprint density at radius 1 is 1.13 bits per heavy atom. The number of carbonyl (C=O) groups is 3. The van der Waals surface area contributed by atoms with Crippen LogP contribution < -0.4 is 4.74 Å². The number of hydrogen-bond donors (Lipinski definition) is 1. The number of hydrogen-bond acceptors (Lipinski definition) is 6. The molecule has 1 N–H and O–H groups in total. The second kappa shape index (κ2) is 10.1. The number of amides is 1. The molecule has 1 heterocycles. The van der Waals surface area contributed by atoms with Gasteiger partial charge in [0.05, 0.1) is 26.9 Å². The monoisotopic (exact) mass is 416 g/mol. The Morgan fingerprint density at radius 2 is 1.83 bits per heavy atom. The number of H-pyrrole nitrogens is 1. The fraction of sp³-hybridized carbons (Fsp3) is 0.409. The molecule has 2 aromatic rings. The van der Waals surface area contributed by atoms with E-state index in [0.29, 0.717) is 28.1 Å². The molecular formula is C22H28N2O6. The Kier molecular flexibility index (Phi) is 7.77. The fourth-order valence-electron chi connectivity index (χ4n) is 3.36. The van der Waals surface area contributed by atoms with Gasteiger partial charge in [0, 0.05) is 30.5 Å². The summed E-state index contributed by atoms with van der Waals surface area (Å²) < 4.78 is 15.1. The largest absolute Gasteiger partial charge is 0.497 e. The molecule has 0 radical (unpaired) electrons. The third-order valence-corrected chi connectivity index (χ3v) is 5.03. The predicted octanol–water partition coefficient (Wildman–Crippen LogP) is 2.79. The number of carbonyl (C=O) groups excluding carboxylic acids is 3. The van der Waals surface area contributed by atoms with Gasteiger partial charge in [0.15, 0.2) is 5.78 Å². The van der Waals surface area contributed by atoms with Crippen LogP contribution in [-0.2, 0) is 9.47 Å². The third-order valence-electron chi connectivity index (χ3n) is 5.03. The number of rotatable bonds is 9. The van der Waals surface area contributed by atoms with E-state index in [-0.39, 0.29) is 30.5 Å². The average Bonchev–Trinajstić information content (AvgIpc) is 3.06. The van der Waals surface area contributed by atoms with E-state index in [4.69, 9.17) is 14.2 Å². The number of aromatic amines is 1. The van der Waals surface area contributed by atoms with Crippen LogP contribution >= 0.6 is 0 Å². The summed E-state index contributed by atoms with van der Waals surface area (Å²) in [5.41, 5.74) is 2.06. The summed E-state index contributed by atoms with van der Waals surface area (Å²) >= 11 is 0. The molecule has 1 aromatic heterocycles. The Balaban J connectivity index is 2.40. The summed E-state index contributed by atoms with van der Waals surface area (Å²) in [6, 6.07) is 5.98. The molecule has 0 saturated heterocycles. The molecule has 2 rings (SSSR count). The van der Waals surface area contributed by atoms with Gasteiger partial charge in [-0.25, -0.2) is 4.79 Å². The van der Waals surface area contributed by atoms with Crippen molar-refractivity contribution in [3.63, 3.8) is 0 Å². The summed E-state index contributed by atoms with van der Waals surface area (Å²) in [7, 11) is 4.33. The summed E-state index contributed by atoms with van der Waals surface area (Å²) in [6.45, 7) is 5.55. The van der Waals surface area contributed by atoms with Crippen molar-refractivity contribution in [2.75, 3.05) is 34.5 Å². The Hall–Kier alpha value is -3.13. The SMILES string of the molecule is COCCN(C(=O)c1cccc(OC)c1)[C@@H](C)C(=O)c1c(C)[nH]c(C(=O)OC)c1C. The second-order valence-electron chi connectivity index (χ2n) is 6.88. The van der Waals surface area contributed by atoms with Crippen LogP contribution in [0.25, 0.3) is 0 Å². The van der Waals surface area contributed by atoms with E-state index >= 15 is 0 Å². The number of Topliss-reactive ketones (excluding diaryl/α,β-unsaturated/α-hetero) is 1. The van der Waals surface area contributed by atoms with Gasteiger partial charge in [-0.05, 0) is 44.5 Å². The molecule has 0 aliphatic rings. The molecule has 0 bridgehead atoms. The van der Waals surface area contributed by atoms with E-state index in [0.717, 1.165) is 0 Å². The lowest BCUT2D eigenvalue weighted by molar-refractivity contribution is 0.0562. The first-order chi connectivity index (χ1) is 14.3. The molecule has 8 heteroatoms. The van der Waals surface area contributed by atoms with Crippen LogP contribution in [0.2, 0.25) is 0 Å². The van der Waals surface area contributed by atoms with Crippen LogP contribution in [0.3, 0.4) is 0 Å². The summed E-state index contributed by atoms with van der Waals surface area (Å²) in [5, 5.41) is 0. The van der Waals surface area contributed by atoms with Crippen molar-refractivity contribution in [1.82, 2.24) is 9.88 Å². The smallest absolute Gasteiger partial charge is 0.354 e. The molecule has 0 saturated carbocycles. The number of ketones is 1. The van der Waals surface area contributed by atoms with Crippen molar-refractivity contribution < 1.29 is 28.6 Å². The Labute approximate surface area is 176 Å². The van der Waals surface area contributed by atoms with Crippen molar-refractivity contribution in [3.05, 3.63) is 52.3 Å². The zero-order chi connectivity index (χ0) is 22.4. The maximum Gasteiger partial charge on any atom is 0.354 e. The van der Waals surface area contributed by atoms with E-state index in [1.807, 2.05) is 0 Å². The highest BCUT2D eigenvalue weighted by Gasteiger charge is 2.31. The highest BCUT2D eigenvalue weighted by molar-refractivity contribution is 6.07. The Bertz CT molecular complexity index is 934. The maximum atomic E-state index is 13.3. The minimum atomic E-state index is -0.780. The van der Waals surface area contributed by atoms with Crippen molar-refractivity contribution in [2.45, 2.75) is 26.8 Å². The quantitative estimate of drug-likeness (QED) is 0.499. The molecule has 1 amide bonds. The lowest BCUT2D eigenvalue weighted by Crippen LogP contribution is -2.45. The predicted molar refractivity (Wildman–Crippen MR) is 111 cm³/mol. The molecule has 1 aromatic carbocycles. The van der Waals surface area contributed by atoms with Crippen molar-refractivity contribution >= 4 is 17.7 Å². The minimum Gasteiger partial charge on any atom is -0.497 e. The summed E-state index contributed by atoms with van der Waals surface area (Å²) in [5.74, 6) is -0.591. The van der Waals surface area contributed by atoms with Crippen LogP contribution in [0.4, 0.5) is 0 Å². The number of nitrogens with one attached hydrogen (secondary N) is 1. The molecule has 0 aliphatic heterocycles. The first-order valence-electron chi connectivity index (χ1n) is 9.52. The van der Waals surface area contributed by atoms with Crippen LogP contribution in [0, 0.1) is 13.8 Å². The van der Waals surface area contributed by atoms with Gasteiger partial charge in [-0.1, -0.05) is 6.07 Å². The van der Waals surface area contributed by atoms with Gasteiger partial charge in [0.2, 0.25) is 0 Å². The molecule has 0 fully saturated rings. The van der Waals surface area contributed by atoms with E-state index in [1.165, 1.54) is 26.2 Å². The van der Waals surface area contributed by atoms with E-state index in [9.17, 15) is 14.4 Å². The number of aromatic nitrogens is 1. The number of esters is 1. The van der Waals surface area contributed by atoms with E-state index in [2.05, 4.69) is 4.98 Å². The summed E-state index contributed by atoms with van der Waals surface area (Å²) in [6.07, 6.45) is 0. The second-order valence-corrected chi connectivity index (χ2v) is 6.88. The number of benzene rings is 1. The average molecular weight is 416 g/mol. The Morgan fingerprint density at radius 3 is 2.43 bits per heavy atom. The van der Waals surface area contributed by atoms with Crippen molar-refractivity contribution in [2.24, 2.45) is 0 Å². The van der Waals surface area contributed by atoms with Gasteiger partial charge in [-0.15, -0.1) is 0 Å². The van der Waals surface area contributed by atoms with Gasteiger partial charge >= 0.3 is 5.97 Å². The van der Waals surface area contributed by atoms with Gasteiger partial charge < -0.3 is 24.1 Å². The molecule has 30 heavy (non-hydrogen) atoms. The molecular weight excluding hydrogens is 388 g/mol. The summed E-state index contributed by atoms with van der Waals surface area (Å²) in [4.78, 5) is 42.9. The molecule has 0 unspecified atom stereocenters. The first-order valence-corrected chi connectivity index (χ1v) is 9.52. The van der Waals surface area contributed by atoms with Gasteiger partial charge in [-0.3, -0.25) is 9.59 Å². The standard InChI is InChI=1S/C22H28N2O6/c1-13-18(14(2)23-19(13)22(27)30-6)20(25)15(3)24(10-11-28-4)21(26)16-8-7-9-17(12-16)29-5/h7-9,12,15,23H,10-11H2,1-6H3/t15-/m0/s1. The van der Waals surface area contributed by atoms with Crippen molar-refractivity contribution in [1.29, 1.82) is 0 Å². The molecule has 8 nitrogen and oxygen atoms in total. The third kappa shape index (κ3) is 4.71. The molecule has 1 atom stereocenters. The number of ether oxygens (including phenoxy) is 3. The molecule has 162 valence electrons. The minimum absolute atomic E-state index is 0.228. The van der Waals surface area contributed by atoms with Gasteiger partial charge in [-0.2, -0.15) is 0 Å². The molecule has 0 spiro atoms. The van der Waals surface area contributed by atoms with Crippen LogP contribution in [-0.4, -0.2) is 68.1 Å². The normalized spacial score (nSPS) is 11.7. The highest BCUT2D eigenvalue weighted by Crippen LogP contribution is 2.23. The van der Waals surface area contributed by atoms with Crippen LogP contribution in [0.1, 0.15) is 49.4 Å². The first kappa shape index (κ1) is 23.2. The number of methoxy groups -OCH3 is 3. The van der Waals surface area contributed by atoms with Crippen molar-refractivity contribution in [3.8, 4) is 5.75 Å². The zero-order valence-electron chi connectivity index (χ0n) is 18.2. The topological polar surface area (TPSA) is 97.9 Å². The number of aryl methyl sites for hydroxylation is 1. The highest BCUT2D eigenvalue weighted by atomic mass is 16.5. The lowest BCUT2D eigenvalue weighted by atomic mass is 9.99. The molecule has 0 aliphatic carbocycles. The van der Waals surface area contributed by atoms with Gasteiger partial charge in [0.25, 0.3) is 5.91 Å². The van der Waals surface area contributed by atoms with E-state index in [1.54, 1.807) is 45.0 Å². The van der Waals surface area contributed by atoms with Crippen LogP contribution in [0.5, 0.6) is 5.75 Å². The van der Waals surface area contributed by atoms with Gasteiger partial charge in [0.1, 0.15) is 11.4 Å².